The standard InChI is InChI=1S/C65H50BN5O.Pt/c1-44-40-62(71-60-37-20-19-36-59(60)70-56-33-16-13-28-52(56)51-27-12-15-32-55(51)66(70)71)67-63(41-44)72-61-42-47(38-39-53(61)50-26-11-14-31-54(50)65(2,3)4)68-43-69(58-35-18-17-34-57(58)68)64-48(45-22-7-5-8-23-45)29-21-30-49(64)46-24-9-6-10-25-46;/h5-42H,1-4H3;/i1D3,5D,7D,8D,22D,23D;. The van der Waals surface area contributed by atoms with Crippen molar-refractivity contribution in [2.45, 2.75) is 33.0 Å². The van der Waals surface area contributed by atoms with Crippen LogP contribution in [0.3, 0.4) is 0 Å². The van der Waals surface area contributed by atoms with Gasteiger partial charge in [-0.25, -0.2) is 0 Å². The van der Waals surface area contributed by atoms with Gasteiger partial charge < -0.3 is 0 Å². The Morgan fingerprint density at radius 3 is 1.90 bits per heavy atom. The van der Waals surface area contributed by atoms with Gasteiger partial charge in [-0.15, -0.1) is 0 Å². The van der Waals surface area contributed by atoms with Crippen LogP contribution in [0.15, 0.2) is 230 Å². The molecule has 2 aliphatic rings. The Morgan fingerprint density at radius 1 is 0.534 bits per heavy atom. The fraction of sp³-hybridized carbons (Fsp3) is 0.0769. The van der Waals surface area contributed by atoms with Crippen molar-refractivity contribution in [3.63, 3.8) is 0 Å². The molecular formula is C65H50BN5OPt. The summed E-state index contributed by atoms with van der Waals surface area (Å²) in [4.78, 5) is 9.75. The first-order valence-electron chi connectivity index (χ1n) is 28.2. The van der Waals surface area contributed by atoms with Crippen LogP contribution in [0.1, 0.15) is 42.9 Å². The molecule has 0 radical (unpaired) electrons. The van der Waals surface area contributed by atoms with Crippen molar-refractivity contribution in [3.05, 3.63) is 245 Å². The van der Waals surface area contributed by atoms with E-state index in [1.165, 1.54) is 6.07 Å². The zero-order valence-corrected chi connectivity index (χ0v) is 42.4. The van der Waals surface area contributed by atoms with Crippen LogP contribution in [0, 0.1) is 10.7 Å². The van der Waals surface area contributed by atoms with E-state index in [1.54, 1.807) is 6.07 Å². The summed E-state index contributed by atoms with van der Waals surface area (Å²) in [5.74, 6) is 0.920. The monoisotopic (exact) mass is 1130 g/mol. The fourth-order valence-corrected chi connectivity index (χ4v) is 11.9. The average molecular weight is 1130 g/mol. The molecular weight excluding hydrogens is 1070 g/mol. The minimum absolute atomic E-state index is 0.0646. The molecule has 0 atom stereocenters. The molecule has 0 N–H and O–H groups in total. The van der Waals surface area contributed by atoms with Crippen LogP contribution in [-0.4, -0.2) is 21.1 Å². The second-order valence-electron chi connectivity index (χ2n) is 19.3. The number of rotatable bonds is 8. The molecule has 354 valence electrons. The molecule has 11 aromatic rings. The number of nitrogens with zero attached hydrogens (tertiary/aromatic N) is 5. The average Bonchev–Trinajstić information content (AvgIpc) is 4.19. The SMILES string of the molecule is [2H]c1c([2H])c([2H])c(-c2cccc(-c3ccccc3)c2-n2[c](=[Pt])n(-c3ccc(-c4ccccc4C(C)(C)C)c(Oc4cc(C([2H])([2H])[2H])cc(N5B6c7ccccc7-c7ccccc7N6c6ccccc65)n4)c3)c3ccccc32)c([2H])c1[2H]. The van der Waals surface area contributed by atoms with Gasteiger partial charge in [0.2, 0.25) is 0 Å². The summed E-state index contributed by atoms with van der Waals surface area (Å²) < 4.78 is 83.3. The van der Waals surface area contributed by atoms with E-state index in [4.69, 9.17) is 17.9 Å². The summed E-state index contributed by atoms with van der Waals surface area (Å²) in [6.45, 7) is 3.56. The van der Waals surface area contributed by atoms with Gasteiger partial charge in [-0.05, 0) is 17.7 Å². The summed E-state index contributed by atoms with van der Waals surface area (Å²) in [6.07, 6.45) is 0. The van der Waals surface area contributed by atoms with Gasteiger partial charge in [0, 0.05) is 11.3 Å². The molecule has 9 aromatic carbocycles. The van der Waals surface area contributed by atoms with E-state index in [1.807, 2.05) is 133 Å². The molecule has 8 heteroatoms. The van der Waals surface area contributed by atoms with Crippen LogP contribution >= 0.6 is 0 Å². The maximum atomic E-state index is 9.22. The van der Waals surface area contributed by atoms with E-state index in [-0.39, 0.29) is 34.5 Å². The summed E-state index contributed by atoms with van der Waals surface area (Å²) in [6, 6.07) is 63.9. The van der Waals surface area contributed by atoms with Crippen LogP contribution in [0.4, 0.5) is 22.9 Å². The molecule has 0 unspecified atom stereocenters. The van der Waals surface area contributed by atoms with Gasteiger partial charge in [0.25, 0.3) is 0 Å². The number of benzene rings is 9. The number of pyridine rings is 1. The van der Waals surface area contributed by atoms with Crippen LogP contribution in [0.5, 0.6) is 11.6 Å². The van der Waals surface area contributed by atoms with E-state index in [0.29, 0.717) is 32.3 Å². The third-order valence-corrected chi connectivity index (χ3v) is 14.9. The van der Waals surface area contributed by atoms with Gasteiger partial charge in [0.1, 0.15) is 0 Å². The van der Waals surface area contributed by atoms with Crippen molar-refractivity contribution in [2.24, 2.45) is 0 Å². The van der Waals surface area contributed by atoms with Crippen molar-refractivity contribution in [2.75, 3.05) is 9.62 Å². The van der Waals surface area contributed by atoms with Gasteiger partial charge in [-0.1, -0.05) is 54.6 Å². The first-order chi connectivity index (χ1) is 39.0. The van der Waals surface area contributed by atoms with Crippen molar-refractivity contribution >= 4 is 46.4 Å². The summed E-state index contributed by atoms with van der Waals surface area (Å²) in [7, 11) is 0. The van der Waals surface area contributed by atoms with Gasteiger partial charge in [-0.3, -0.25) is 0 Å². The number of fused-ring (bicyclic) bond motifs is 9. The van der Waals surface area contributed by atoms with Crippen LogP contribution in [-0.2, 0) is 24.8 Å². The fourth-order valence-electron chi connectivity index (χ4n) is 10.8. The molecule has 2 aromatic heterocycles. The Morgan fingerprint density at radius 2 is 1.15 bits per heavy atom. The van der Waals surface area contributed by atoms with E-state index < -0.39 is 32.0 Å². The summed E-state index contributed by atoms with van der Waals surface area (Å²) >= 11 is 2.31. The summed E-state index contributed by atoms with van der Waals surface area (Å²) in [5, 5.41) is 0. The first kappa shape index (κ1) is 36.6. The predicted octanol–water partition coefficient (Wildman–Crippen LogP) is 16.0. The first-order valence-corrected chi connectivity index (χ1v) is 25.4. The zero-order chi connectivity index (χ0) is 56.2. The molecule has 13 rings (SSSR count). The van der Waals surface area contributed by atoms with Gasteiger partial charge in [0.15, 0.2) is 0 Å². The normalized spacial score (nSPS) is 14.4. The number of ether oxygens (including phenoxy) is 1. The van der Waals surface area contributed by atoms with Crippen molar-refractivity contribution in [3.8, 4) is 67.5 Å². The van der Waals surface area contributed by atoms with Crippen molar-refractivity contribution in [1.82, 2.24) is 14.1 Å². The number of para-hydroxylation sites is 6. The van der Waals surface area contributed by atoms with Crippen molar-refractivity contribution < 1.29 is 35.1 Å². The third-order valence-electron chi connectivity index (χ3n) is 13.9. The Kier molecular flexibility index (Phi) is 8.94. The molecule has 0 spiro atoms. The zero-order valence-electron chi connectivity index (χ0n) is 48.1. The second kappa shape index (κ2) is 17.8. The third kappa shape index (κ3) is 7.52. The maximum absolute atomic E-state index is 9.22. The molecule has 4 heterocycles. The minimum atomic E-state index is -2.55. The summed E-state index contributed by atoms with van der Waals surface area (Å²) in [5.41, 5.74) is 13.7. The Hall–Kier alpha value is -8.25. The number of hydrogen-bond acceptors (Lipinski definition) is 4. The van der Waals surface area contributed by atoms with E-state index in [9.17, 15) is 2.74 Å². The molecule has 0 saturated carbocycles. The number of aromatic nitrogens is 3. The number of imidazole rings is 1. The van der Waals surface area contributed by atoms with E-state index in [2.05, 4.69) is 113 Å². The quantitative estimate of drug-likeness (QED) is 0.142. The second-order valence-corrected chi connectivity index (χ2v) is 20.3. The molecule has 0 bridgehead atoms. The number of anilines is 4. The molecule has 0 fully saturated rings. The number of hydrogen-bond donors (Lipinski definition) is 0. The Balaban J connectivity index is 1.04. The Labute approximate surface area is 448 Å². The molecule has 73 heavy (non-hydrogen) atoms. The molecule has 0 amide bonds. The van der Waals surface area contributed by atoms with Gasteiger partial charge in [-0.2, -0.15) is 0 Å². The van der Waals surface area contributed by atoms with Gasteiger partial charge >= 0.3 is 367 Å². The molecule has 2 aliphatic heterocycles. The molecule has 0 aliphatic carbocycles. The number of aryl methyl sites for hydroxylation is 1. The topological polar surface area (TPSA) is 38.5 Å². The van der Waals surface area contributed by atoms with E-state index in [0.717, 1.165) is 72.5 Å². The predicted molar refractivity (Wildman–Crippen MR) is 298 cm³/mol. The van der Waals surface area contributed by atoms with Gasteiger partial charge in [0.05, 0.1) is 0 Å². The van der Waals surface area contributed by atoms with Crippen molar-refractivity contribution in [1.29, 1.82) is 0 Å². The Bertz CT molecular complexity index is 4410. The molecule has 0 saturated heterocycles. The van der Waals surface area contributed by atoms with Crippen LogP contribution in [0.25, 0.3) is 66.9 Å². The van der Waals surface area contributed by atoms with Crippen LogP contribution in [0.2, 0.25) is 0 Å². The van der Waals surface area contributed by atoms with E-state index >= 15 is 0 Å². The van der Waals surface area contributed by atoms with Crippen LogP contribution < -0.4 is 19.8 Å². The molecule has 6 nitrogen and oxygen atoms in total.